The third kappa shape index (κ3) is 5.24. The minimum atomic E-state index is -2.29. The van der Waals surface area contributed by atoms with Crippen molar-refractivity contribution in [2.24, 2.45) is 4.36 Å². The van der Waals surface area contributed by atoms with E-state index in [2.05, 4.69) is 14.3 Å². The lowest BCUT2D eigenvalue weighted by Crippen LogP contribution is -2.34. The van der Waals surface area contributed by atoms with E-state index in [0.717, 1.165) is 41.5 Å². The molecule has 2 atom stereocenters. The van der Waals surface area contributed by atoms with Crippen LogP contribution in [0, 0.1) is 12.7 Å². The summed E-state index contributed by atoms with van der Waals surface area (Å²) in [4.78, 5) is 8.88. The number of rotatable bonds is 5. The number of ether oxygens (including phenoxy) is 1. The van der Waals surface area contributed by atoms with Crippen LogP contribution in [0.1, 0.15) is 42.5 Å². The van der Waals surface area contributed by atoms with Gasteiger partial charge in [-0.15, -0.1) is 0 Å². The topological polar surface area (TPSA) is 84.7 Å². The smallest absolute Gasteiger partial charge is 0.126 e. The van der Waals surface area contributed by atoms with Gasteiger partial charge in [-0.05, 0) is 49.9 Å². The van der Waals surface area contributed by atoms with Crippen molar-refractivity contribution in [2.45, 2.75) is 51.2 Å². The summed E-state index contributed by atoms with van der Waals surface area (Å²) in [5, 5.41) is 11.2. The molecule has 1 aliphatic carbocycles. The summed E-state index contributed by atoms with van der Waals surface area (Å²) in [6.45, 7) is 1.95. The average Bonchev–Trinajstić information content (AvgIpc) is 2.70. The summed E-state index contributed by atoms with van der Waals surface area (Å²) in [5.41, 5.74) is 3.83. The molecule has 1 heterocycles. The molecule has 0 spiro atoms. The molecule has 32 heavy (non-hydrogen) atoms. The Morgan fingerprint density at radius 1 is 1.19 bits per heavy atom. The largest absolute Gasteiger partial charge is 0.487 e. The molecule has 1 aliphatic rings. The van der Waals surface area contributed by atoms with Gasteiger partial charge in [0.05, 0.1) is 23.0 Å². The van der Waals surface area contributed by atoms with Gasteiger partial charge in [0.25, 0.3) is 0 Å². The van der Waals surface area contributed by atoms with Gasteiger partial charge in [0.15, 0.2) is 0 Å². The average molecular weight is 458 g/mol. The molecule has 0 bridgehead atoms. The van der Waals surface area contributed by atoms with Gasteiger partial charge in [0, 0.05) is 45.7 Å². The van der Waals surface area contributed by atoms with Gasteiger partial charge in [0.2, 0.25) is 0 Å². The lowest BCUT2D eigenvalue weighted by molar-refractivity contribution is 0.00630. The fourth-order valence-electron chi connectivity index (χ4n) is 4.24. The van der Waals surface area contributed by atoms with Crippen LogP contribution in [-0.4, -0.2) is 44.0 Å². The van der Waals surface area contributed by atoms with E-state index >= 15 is 0 Å². The minimum Gasteiger partial charge on any atom is -0.487 e. The Kier molecular flexibility index (Phi) is 6.44. The van der Waals surface area contributed by atoms with Crippen molar-refractivity contribution in [2.75, 3.05) is 12.5 Å². The molecule has 1 fully saturated rings. The van der Waals surface area contributed by atoms with Crippen LogP contribution >= 0.6 is 0 Å². The van der Waals surface area contributed by atoms with E-state index in [1.54, 1.807) is 24.6 Å². The molecule has 0 amide bonds. The Balaban J connectivity index is 1.71. The Bertz CT molecular complexity index is 1260. The molecular weight excluding hydrogens is 429 g/mol. The maximum atomic E-state index is 14.0. The third-order valence-electron chi connectivity index (χ3n) is 5.66. The van der Waals surface area contributed by atoms with E-state index in [1.165, 1.54) is 18.5 Å². The third-order valence-corrected chi connectivity index (χ3v) is 6.31. The maximum Gasteiger partial charge on any atom is 0.126 e. The molecule has 0 radical (unpaired) electrons. The minimum absolute atomic E-state index is 0.338. The van der Waals surface area contributed by atoms with Gasteiger partial charge in [-0.1, -0.05) is 12.5 Å². The zero-order valence-electron chi connectivity index (χ0n) is 18.5. The SMILES string of the molecule is Cc1cc(N=S(C)(C)=O)cc2ncnc(Cc3ccc(F)cc3O[C@@H]3CCCC[C@@H]3O)c12. The second-order valence-electron chi connectivity index (χ2n) is 8.69. The Hall–Kier alpha value is -2.58. The molecule has 0 saturated heterocycles. The van der Waals surface area contributed by atoms with E-state index in [4.69, 9.17) is 4.74 Å². The fraction of sp³-hybridized carbons (Fsp3) is 0.417. The lowest BCUT2D eigenvalue weighted by atomic mass is 9.94. The van der Waals surface area contributed by atoms with Crippen molar-refractivity contribution in [3.05, 3.63) is 59.3 Å². The molecule has 6 nitrogen and oxygen atoms in total. The van der Waals surface area contributed by atoms with Crippen LogP contribution in [0.5, 0.6) is 5.75 Å². The van der Waals surface area contributed by atoms with E-state index in [-0.39, 0.29) is 11.9 Å². The van der Waals surface area contributed by atoms with Crippen LogP contribution in [0.3, 0.4) is 0 Å². The Morgan fingerprint density at radius 3 is 2.72 bits per heavy atom. The van der Waals surface area contributed by atoms with Crippen molar-refractivity contribution in [3.63, 3.8) is 0 Å². The Labute approximate surface area is 188 Å². The zero-order chi connectivity index (χ0) is 22.9. The predicted molar refractivity (Wildman–Crippen MR) is 124 cm³/mol. The highest BCUT2D eigenvalue weighted by Gasteiger charge is 2.26. The molecule has 0 aliphatic heterocycles. The normalized spacial score (nSPS) is 19.2. The second-order valence-corrected chi connectivity index (χ2v) is 11.2. The molecule has 1 aromatic heterocycles. The monoisotopic (exact) mass is 457 g/mol. The van der Waals surface area contributed by atoms with Gasteiger partial charge in [-0.2, -0.15) is 4.36 Å². The molecule has 1 N–H and O–H groups in total. The first kappa shape index (κ1) is 22.6. The highest BCUT2D eigenvalue weighted by Crippen LogP contribution is 2.31. The van der Waals surface area contributed by atoms with Gasteiger partial charge in [-0.3, -0.25) is 0 Å². The standard InChI is InChI=1S/C24H28FN3O3S/c1-15-10-18(28-32(2,3)30)13-20-24(15)19(26-14-27-20)11-16-8-9-17(25)12-23(16)31-22-7-5-4-6-21(22)29/h8-10,12-14,21-22,29H,4-7,11H2,1-3H3/t21-,22+/m0/s1. The van der Waals surface area contributed by atoms with Crippen molar-refractivity contribution < 1.29 is 18.4 Å². The first-order valence-electron chi connectivity index (χ1n) is 10.7. The maximum absolute atomic E-state index is 14.0. The van der Waals surface area contributed by atoms with Crippen molar-refractivity contribution in [3.8, 4) is 5.75 Å². The summed E-state index contributed by atoms with van der Waals surface area (Å²) in [7, 11) is -2.29. The summed E-state index contributed by atoms with van der Waals surface area (Å²) < 4.78 is 36.5. The number of aryl methyl sites for hydroxylation is 1. The number of hydrogen-bond acceptors (Lipinski definition) is 6. The summed E-state index contributed by atoms with van der Waals surface area (Å²) in [5.74, 6) is 0.0513. The van der Waals surface area contributed by atoms with E-state index in [9.17, 15) is 13.7 Å². The first-order valence-corrected chi connectivity index (χ1v) is 13.1. The van der Waals surface area contributed by atoms with Crippen molar-refractivity contribution in [1.82, 2.24) is 9.97 Å². The predicted octanol–water partition coefficient (Wildman–Crippen LogP) is 4.71. The molecule has 1 saturated carbocycles. The van der Waals surface area contributed by atoms with E-state index in [0.29, 0.717) is 29.8 Å². The first-order chi connectivity index (χ1) is 15.2. The van der Waals surface area contributed by atoms with E-state index in [1.807, 2.05) is 13.0 Å². The second kappa shape index (κ2) is 9.11. The van der Waals surface area contributed by atoms with Crippen molar-refractivity contribution >= 4 is 26.3 Å². The van der Waals surface area contributed by atoms with Gasteiger partial charge in [-0.25, -0.2) is 18.6 Å². The number of fused-ring (bicyclic) bond motifs is 1. The number of benzene rings is 2. The number of nitrogens with zero attached hydrogens (tertiary/aromatic N) is 3. The molecule has 2 aromatic carbocycles. The van der Waals surface area contributed by atoms with Crippen molar-refractivity contribution in [1.29, 1.82) is 0 Å². The molecule has 4 rings (SSSR count). The van der Waals surface area contributed by atoms with Gasteiger partial charge in [0.1, 0.15) is 24.0 Å². The van der Waals surface area contributed by atoms with Crippen LogP contribution in [0.4, 0.5) is 10.1 Å². The summed E-state index contributed by atoms with van der Waals surface area (Å²) >= 11 is 0. The fourth-order valence-corrected chi connectivity index (χ4v) is 4.85. The molecule has 8 heteroatoms. The molecular formula is C24H28FN3O3S. The quantitative estimate of drug-likeness (QED) is 0.600. The number of aliphatic hydroxyl groups is 1. The van der Waals surface area contributed by atoms with E-state index < -0.39 is 15.8 Å². The Morgan fingerprint density at radius 2 is 1.97 bits per heavy atom. The number of aliphatic hydroxyl groups excluding tert-OH is 1. The number of halogens is 1. The summed E-state index contributed by atoms with van der Waals surface area (Å²) in [6.07, 6.45) is 7.62. The van der Waals surface area contributed by atoms with Crippen LogP contribution in [0.15, 0.2) is 41.0 Å². The zero-order valence-corrected chi connectivity index (χ0v) is 19.4. The highest BCUT2D eigenvalue weighted by atomic mass is 32.2. The van der Waals surface area contributed by atoms with Crippen LogP contribution in [0.2, 0.25) is 0 Å². The van der Waals surface area contributed by atoms with Crippen LogP contribution in [0.25, 0.3) is 10.9 Å². The summed E-state index contributed by atoms with van der Waals surface area (Å²) in [6, 6.07) is 8.17. The van der Waals surface area contributed by atoms with Crippen LogP contribution in [-0.2, 0) is 16.1 Å². The van der Waals surface area contributed by atoms with Gasteiger partial charge >= 0.3 is 0 Å². The highest BCUT2D eigenvalue weighted by molar-refractivity contribution is 7.92. The molecule has 3 aromatic rings. The molecule has 170 valence electrons. The molecule has 0 unspecified atom stereocenters. The lowest BCUT2D eigenvalue weighted by Gasteiger charge is -2.29. The van der Waals surface area contributed by atoms with Crippen LogP contribution < -0.4 is 4.74 Å². The number of aromatic nitrogens is 2. The number of hydrogen-bond donors (Lipinski definition) is 1. The van der Waals surface area contributed by atoms with Gasteiger partial charge < -0.3 is 9.84 Å².